The van der Waals surface area contributed by atoms with Crippen LogP contribution in [0.2, 0.25) is 0 Å². The Labute approximate surface area is 179 Å². The molecule has 3 aromatic carbocycles. The Morgan fingerprint density at radius 3 is 2.50 bits per heavy atom. The van der Waals surface area contributed by atoms with Gasteiger partial charge in [0.25, 0.3) is 0 Å². The molecular formula is C28H30O2. The predicted molar refractivity (Wildman–Crippen MR) is 123 cm³/mol. The fraction of sp³-hybridized carbons (Fsp3) is 0.321. The van der Waals surface area contributed by atoms with E-state index in [0.717, 1.165) is 18.4 Å². The van der Waals surface area contributed by atoms with Crippen LogP contribution in [0.15, 0.2) is 60.7 Å². The SMILES string of the molecule is Cc1cccc(C)c1-c1cccc(C2CCCc3cc(CCC(=O)O)ccc3C2)c1. The maximum absolute atomic E-state index is 10.9. The van der Waals surface area contributed by atoms with E-state index in [9.17, 15) is 4.79 Å². The summed E-state index contributed by atoms with van der Waals surface area (Å²) in [6.07, 6.45) is 5.33. The second-order valence-electron chi connectivity index (χ2n) is 8.68. The number of hydrogen-bond acceptors (Lipinski definition) is 1. The van der Waals surface area contributed by atoms with Crippen molar-refractivity contribution in [3.8, 4) is 11.1 Å². The first-order chi connectivity index (χ1) is 14.5. The van der Waals surface area contributed by atoms with E-state index in [-0.39, 0.29) is 6.42 Å². The summed E-state index contributed by atoms with van der Waals surface area (Å²) in [7, 11) is 0. The van der Waals surface area contributed by atoms with Crippen LogP contribution in [0.4, 0.5) is 0 Å². The van der Waals surface area contributed by atoms with Gasteiger partial charge in [-0.15, -0.1) is 0 Å². The van der Waals surface area contributed by atoms with Crippen molar-refractivity contribution in [1.82, 2.24) is 0 Å². The van der Waals surface area contributed by atoms with Crippen LogP contribution in [0, 0.1) is 13.8 Å². The molecule has 0 radical (unpaired) electrons. The standard InChI is InChI=1S/C28H30O2/c1-19-6-3-7-20(2)28(19)26-11-5-10-24(18-26)23-9-4-8-22-16-21(13-15-27(29)30)12-14-25(22)17-23/h3,5-7,10-12,14,16,18,23H,4,8-9,13,15,17H2,1-2H3,(H,29,30). The Morgan fingerprint density at radius 2 is 1.73 bits per heavy atom. The normalized spacial score (nSPS) is 16.0. The van der Waals surface area contributed by atoms with Gasteiger partial charge in [-0.3, -0.25) is 4.79 Å². The Bertz CT molecular complexity index is 1040. The van der Waals surface area contributed by atoms with Crippen LogP contribution < -0.4 is 0 Å². The van der Waals surface area contributed by atoms with E-state index < -0.39 is 5.97 Å². The van der Waals surface area contributed by atoms with Crippen molar-refractivity contribution in [3.63, 3.8) is 0 Å². The second-order valence-corrected chi connectivity index (χ2v) is 8.68. The van der Waals surface area contributed by atoms with Crippen molar-refractivity contribution in [3.05, 3.63) is 94.0 Å². The second kappa shape index (κ2) is 8.87. The molecule has 0 saturated carbocycles. The molecule has 30 heavy (non-hydrogen) atoms. The molecule has 1 atom stereocenters. The summed E-state index contributed by atoms with van der Waals surface area (Å²) in [5.74, 6) is -0.200. The summed E-state index contributed by atoms with van der Waals surface area (Å²) in [4.78, 5) is 10.9. The topological polar surface area (TPSA) is 37.3 Å². The van der Waals surface area contributed by atoms with Gasteiger partial charge in [0.15, 0.2) is 0 Å². The third-order valence-electron chi connectivity index (χ3n) is 6.49. The zero-order chi connectivity index (χ0) is 21.1. The fourth-order valence-corrected chi connectivity index (χ4v) is 4.93. The summed E-state index contributed by atoms with van der Waals surface area (Å²) in [5, 5.41) is 8.96. The lowest BCUT2D eigenvalue weighted by molar-refractivity contribution is -0.136. The van der Waals surface area contributed by atoms with Gasteiger partial charge < -0.3 is 5.11 Å². The molecule has 0 amide bonds. The molecule has 0 heterocycles. The Morgan fingerprint density at radius 1 is 0.967 bits per heavy atom. The van der Waals surface area contributed by atoms with Crippen LogP contribution in [-0.2, 0) is 24.1 Å². The smallest absolute Gasteiger partial charge is 0.303 e. The molecule has 1 aliphatic rings. The molecule has 0 bridgehead atoms. The minimum absolute atomic E-state index is 0.201. The molecule has 1 N–H and O–H groups in total. The minimum Gasteiger partial charge on any atom is -0.481 e. The molecule has 2 nitrogen and oxygen atoms in total. The predicted octanol–water partition coefficient (Wildman–Crippen LogP) is 6.65. The quantitative estimate of drug-likeness (QED) is 0.489. The number of carbonyl (C=O) groups is 1. The van der Waals surface area contributed by atoms with E-state index in [1.165, 1.54) is 51.8 Å². The van der Waals surface area contributed by atoms with Crippen LogP contribution in [0.25, 0.3) is 11.1 Å². The molecule has 1 unspecified atom stereocenters. The van der Waals surface area contributed by atoms with Gasteiger partial charge in [-0.2, -0.15) is 0 Å². The highest BCUT2D eigenvalue weighted by atomic mass is 16.4. The minimum atomic E-state index is -0.728. The van der Waals surface area contributed by atoms with Crippen molar-refractivity contribution in [2.24, 2.45) is 0 Å². The van der Waals surface area contributed by atoms with Gasteiger partial charge in [-0.05, 0) is 96.4 Å². The maximum atomic E-state index is 10.9. The van der Waals surface area contributed by atoms with Crippen LogP contribution >= 0.6 is 0 Å². The van der Waals surface area contributed by atoms with E-state index >= 15 is 0 Å². The van der Waals surface area contributed by atoms with Gasteiger partial charge in [0, 0.05) is 6.42 Å². The third-order valence-corrected chi connectivity index (χ3v) is 6.49. The largest absolute Gasteiger partial charge is 0.481 e. The molecule has 3 aromatic rings. The summed E-state index contributed by atoms with van der Waals surface area (Å²) in [6.45, 7) is 4.39. The van der Waals surface area contributed by atoms with E-state index in [4.69, 9.17) is 5.11 Å². The van der Waals surface area contributed by atoms with Gasteiger partial charge in [-0.25, -0.2) is 0 Å². The number of aliphatic carboxylic acids is 1. The molecule has 0 spiro atoms. The molecule has 1 aliphatic carbocycles. The first kappa shape index (κ1) is 20.4. The summed E-state index contributed by atoms with van der Waals surface area (Å²) < 4.78 is 0. The van der Waals surface area contributed by atoms with E-state index in [1.807, 2.05) is 0 Å². The monoisotopic (exact) mass is 398 g/mol. The Balaban J connectivity index is 1.59. The number of rotatable bonds is 5. The van der Waals surface area contributed by atoms with E-state index in [0.29, 0.717) is 12.3 Å². The van der Waals surface area contributed by atoms with E-state index in [1.54, 1.807) is 0 Å². The highest BCUT2D eigenvalue weighted by Crippen LogP contribution is 2.35. The van der Waals surface area contributed by atoms with Gasteiger partial charge >= 0.3 is 5.97 Å². The maximum Gasteiger partial charge on any atom is 0.303 e. The number of benzene rings is 3. The van der Waals surface area contributed by atoms with Crippen LogP contribution in [-0.4, -0.2) is 11.1 Å². The first-order valence-corrected chi connectivity index (χ1v) is 11.0. The van der Waals surface area contributed by atoms with Crippen LogP contribution in [0.3, 0.4) is 0 Å². The van der Waals surface area contributed by atoms with Gasteiger partial charge in [-0.1, -0.05) is 60.7 Å². The van der Waals surface area contributed by atoms with E-state index in [2.05, 4.69) is 74.5 Å². The summed E-state index contributed by atoms with van der Waals surface area (Å²) >= 11 is 0. The highest BCUT2D eigenvalue weighted by molar-refractivity contribution is 5.71. The molecule has 0 aromatic heterocycles. The lowest BCUT2D eigenvalue weighted by atomic mass is 9.87. The average Bonchev–Trinajstić information content (AvgIpc) is 2.94. The molecule has 2 heteroatoms. The van der Waals surface area contributed by atoms with Crippen molar-refractivity contribution < 1.29 is 9.90 Å². The lowest BCUT2D eigenvalue weighted by Gasteiger charge is -2.18. The highest BCUT2D eigenvalue weighted by Gasteiger charge is 2.19. The zero-order valence-electron chi connectivity index (χ0n) is 17.9. The third kappa shape index (κ3) is 4.48. The lowest BCUT2D eigenvalue weighted by Crippen LogP contribution is -2.03. The molecule has 0 fully saturated rings. The van der Waals surface area contributed by atoms with Crippen molar-refractivity contribution in [2.75, 3.05) is 0 Å². The summed E-state index contributed by atoms with van der Waals surface area (Å²) in [6, 6.07) is 22.2. The van der Waals surface area contributed by atoms with Gasteiger partial charge in [0.05, 0.1) is 0 Å². The number of carboxylic acid groups (broad SMARTS) is 1. The van der Waals surface area contributed by atoms with Gasteiger partial charge in [0.1, 0.15) is 0 Å². The number of aryl methyl sites for hydroxylation is 4. The fourth-order valence-electron chi connectivity index (χ4n) is 4.93. The number of carboxylic acids is 1. The summed E-state index contributed by atoms with van der Waals surface area (Å²) in [5.41, 5.74) is 10.7. The molecular weight excluding hydrogens is 368 g/mol. The Hall–Kier alpha value is -2.87. The number of hydrogen-bond donors (Lipinski definition) is 1. The number of fused-ring (bicyclic) bond motifs is 1. The van der Waals surface area contributed by atoms with Crippen LogP contribution in [0.5, 0.6) is 0 Å². The molecule has 0 saturated heterocycles. The van der Waals surface area contributed by atoms with Gasteiger partial charge in [0.2, 0.25) is 0 Å². The Kier molecular flexibility index (Phi) is 6.03. The molecule has 154 valence electrons. The zero-order valence-corrected chi connectivity index (χ0v) is 17.9. The van der Waals surface area contributed by atoms with Crippen molar-refractivity contribution >= 4 is 5.97 Å². The first-order valence-electron chi connectivity index (χ1n) is 11.0. The molecule has 0 aliphatic heterocycles. The molecule has 4 rings (SSSR count). The van der Waals surface area contributed by atoms with Crippen molar-refractivity contribution in [2.45, 2.75) is 58.3 Å². The van der Waals surface area contributed by atoms with Crippen LogP contribution in [0.1, 0.15) is 58.6 Å². The van der Waals surface area contributed by atoms with Crippen molar-refractivity contribution in [1.29, 1.82) is 0 Å². The average molecular weight is 399 g/mol.